The first-order valence-corrected chi connectivity index (χ1v) is 14.1. The Bertz CT molecular complexity index is 855. The van der Waals surface area contributed by atoms with Crippen LogP contribution in [-0.2, 0) is 6.42 Å². The van der Waals surface area contributed by atoms with Crippen LogP contribution >= 0.6 is 0 Å². The summed E-state index contributed by atoms with van der Waals surface area (Å²) in [6.45, 7) is 2.28. The third-order valence-corrected chi connectivity index (χ3v) is 6.87. The van der Waals surface area contributed by atoms with E-state index in [9.17, 15) is 15.0 Å². The molecule has 0 spiro atoms. The monoisotopic (exact) mass is 472 g/mol. The Balaban J connectivity index is 1.40. The lowest BCUT2D eigenvalue weighted by atomic mass is 10.0. The van der Waals surface area contributed by atoms with Gasteiger partial charge in [-0.1, -0.05) is 122 Å². The van der Waals surface area contributed by atoms with Gasteiger partial charge in [-0.3, -0.25) is 4.79 Å². The van der Waals surface area contributed by atoms with Gasteiger partial charge < -0.3 is 14.6 Å². The minimum atomic E-state index is -0.258. The lowest BCUT2D eigenvalue weighted by Gasteiger charge is -2.06. The molecule has 2 rings (SSSR count). The number of fused-ring (bicyclic) bond motifs is 1. The highest BCUT2D eigenvalue weighted by molar-refractivity contribution is 5.84. The van der Waals surface area contributed by atoms with Crippen molar-refractivity contribution in [3.63, 3.8) is 0 Å². The van der Waals surface area contributed by atoms with E-state index in [2.05, 4.69) is 6.92 Å². The van der Waals surface area contributed by atoms with Gasteiger partial charge in [0.25, 0.3) is 0 Å². The molecule has 192 valence electrons. The second kappa shape index (κ2) is 17.5. The Labute approximate surface area is 206 Å². The van der Waals surface area contributed by atoms with Crippen LogP contribution in [0.25, 0.3) is 11.0 Å². The maximum Gasteiger partial charge on any atom is 0.196 e. The van der Waals surface area contributed by atoms with Gasteiger partial charge in [0.05, 0.1) is 0 Å². The van der Waals surface area contributed by atoms with Crippen LogP contribution in [0, 0.1) is 0 Å². The molecule has 0 aliphatic heterocycles. The van der Waals surface area contributed by atoms with Crippen LogP contribution < -0.4 is 5.43 Å². The summed E-state index contributed by atoms with van der Waals surface area (Å²) in [5.74, 6) is 0.280. The first-order valence-electron chi connectivity index (χ1n) is 14.1. The summed E-state index contributed by atoms with van der Waals surface area (Å²) in [7, 11) is 0. The van der Waals surface area contributed by atoms with E-state index < -0.39 is 0 Å². The minimum absolute atomic E-state index is 0.103. The fourth-order valence-corrected chi connectivity index (χ4v) is 4.80. The highest BCUT2D eigenvalue weighted by Crippen LogP contribution is 2.28. The molecule has 0 fully saturated rings. The van der Waals surface area contributed by atoms with Gasteiger partial charge in [0.1, 0.15) is 28.2 Å². The van der Waals surface area contributed by atoms with Crippen LogP contribution in [0.1, 0.15) is 135 Å². The molecule has 0 aliphatic rings. The number of rotatable bonds is 20. The normalized spacial score (nSPS) is 11.4. The molecule has 2 aromatic rings. The van der Waals surface area contributed by atoms with Crippen molar-refractivity contribution in [3.8, 4) is 11.5 Å². The number of phenols is 2. The SMILES string of the molecule is CCCCCCCCCCCCCCCCCCCCCc1cc(=O)c2c(O)cc(O)cc2o1. The number of phenolic OH excluding ortho intramolecular Hbond substituents is 2. The lowest BCUT2D eigenvalue weighted by Crippen LogP contribution is -2.02. The molecule has 0 aliphatic carbocycles. The van der Waals surface area contributed by atoms with Crippen LogP contribution in [0.5, 0.6) is 11.5 Å². The molecule has 0 atom stereocenters. The van der Waals surface area contributed by atoms with Crippen molar-refractivity contribution in [2.75, 3.05) is 0 Å². The number of aryl methyl sites for hydroxylation is 1. The van der Waals surface area contributed by atoms with Crippen LogP contribution in [0.4, 0.5) is 0 Å². The number of benzene rings is 1. The second-order valence-electron chi connectivity index (χ2n) is 10.0. The predicted molar refractivity (Wildman–Crippen MR) is 143 cm³/mol. The zero-order chi connectivity index (χ0) is 24.4. The van der Waals surface area contributed by atoms with E-state index in [0.29, 0.717) is 12.2 Å². The van der Waals surface area contributed by atoms with Crippen molar-refractivity contribution in [1.29, 1.82) is 0 Å². The standard InChI is InChI=1S/C30H48O4/c1-2-3-4-5-6-7-8-9-10-11-12-13-14-15-16-17-18-19-20-21-26-24-28(33)30-27(32)22-25(31)23-29(30)34-26/h22-24,31-32H,2-21H2,1H3. The van der Waals surface area contributed by atoms with Gasteiger partial charge in [-0.2, -0.15) is 0 Å². The zero-order valence-electron chi connectivity index (χ0n) is 21.6. The molecular weight excluding hydrogens is 424 g/mol. The number of hydrogen-bond donors (Lipinski definition) is 2. The summed E-state index contributed by atoms with van der Waals surface area (Å²) in [6.07, 6.45) is 26.4. The molecule has 34 heavy (non-hydrogen) atoms. The molecule has 1 aromatic heterocycles. The van der Waals surface area contributed by atoms with Gasteiger partial charge in [-0.15, -0.1) is 0 Å². The molecule has 4 heteroatoms. The van der Waals surface area contributed by atoms with Gasteiger partial charge in [0.15, 0.2) is 5.43 Å². The summed E-state index contributed by atoms with van der Waals surface area (Å²) < 4.78 is 5.72. The predicted octanol–water partition coefficient (Wildman–Crippen LogP) is 9.18. The number of aromatic hydroxyl groups is 2. The summed E-state index contributed by atoms with van der Waals surface area (Å²) in [4.78, 5) is 12.2. The van der Waals surface area contributed by atoms with Crippen LogP contribution in [-0.4, -0.2) is 10.2 Å². The molecule has 0 saturated carbocycles. The quantitative estimate of drug-likeness (QED) is 0.188. The largest absolute Gasteiger partial charge is 0.508 e. The summed E-state index contributed by atoms with van der Waals surface area (Å²) in [5, 5.41) is 19.6. The van der Waals surface area contributed by atoms with Gasteiger partial charge in [0, 0.05) is 24.6 Å². The second-order valence-corrected chi connectivity index (χ2v) is 10.0. The van der Waals surface area contributed by atoms with Crippen molar-refractivity contribution in [2.24, 2.45) is 0 Å². The average molecular weight is 473 g/mol. The van der Waals surface area contributed by atoms with Crippen molar-refractivity contribution >= 4 is 11.0 Å². The Morgan fingerprint density at radius 3 is 1.53 bits per heavy atom. The molecule has 0 amide bonds. The van der Waals surface area contributed by atoms with E-state index in [0.717, 1.165) is 18.9 Å². The van der Waals surface area contributed by atoms with Crippen LogP contribution in [0.2, 0.25) is 0 Å². The minimum Gasteiger partial charge on any atom is -0.508 e. The maximum absolute atomic E-state index is 12.2. The lowest BCUT2D eigenvalue weighted by molar-refractivity contribution is 0.449. The van der Waals surface area contributed by atoms with Gasteiger partial charge in [-0.25, -0.2) is 0 Å². The smallest absolute Gasteiger partial charge is 0.196 e. The van der Waals surface area contributed by atoms with E-state index in [1.165, 1.54) is 121 Å². The molecule has 0 bridgehead atoms. The first-order chi connectivity index (χ1) is 16.6. The number of unbranched alkanes of at least 4 members (excludes halogenated alkanes) is 18. The van der Waals surface area contributed by atoms with Gasteiger partial charge in [0.2, 0.25) is 0 Å². The molecule has 0 unspecified atom stereocenters. The zero-order valence-corrected chi connectivity index (χ0v) is 21.6. The first kappa shape index (κ1) is 28.3. The Morgan fingerprint density at radius 2 is 1.06 bits per heavy atom. The van der Waals surface area contributed by atoms with Crippen LogP contribution in [0.3, 0.4) is 0 Å². The van der Waals surface area contributed by atoms with Crippen molar-refractivity contribution < 1.29 is 14.6 Å². The Kier molecular flexibility index (Phi) is 14.5. The molecule has 1 aromatic carbocycles. The van der Waals surface area contributed by atoms with E-state index in [1.54, 1.807) is 0 Å². The van der Waals surface area contributed by atoms with E-state index in [-0.39, 0.29) is 27.9 Å². The fraction of sp³-hybridized carbons (Fsp3) is 0.700. The van der Waals surface area contributed by atoms with Crippen LogP contribution in [0.15, 0.2) is 27.4 Å². The topological polar surface area (TPSA) is 70.7 Å². The van der Waals surface area contributed by atoms with Gasteiger partial charge >= 0.3 is 0 Å². The molecule has 0 radical (unpaired) electrons. The molecule has 2 N–H and O–H groups in total. The summed E-state index contributed by atoms with van der Waals surface area (Å²) in [6, 6.07) is 4.02. The molecule has 4 nitrogen and oxygen atoms in total. The molecule has 1 heterocycles. The van der Waals surface area contributed by atoms with Crippen molar-refractivity contribution in [1.82, 2.24) is 0 Å². The Hall–Kier alpha value is -1.97. The van der Waals surface area contributed by atoms with Crippen molar-refractivity contribution in [3.05, 3.63) is 34.2 Å². The van der Waals surface area contributed by atoms with E-state index >= 15 is 0 Å². The highest BCUT2D eigenvalue weighted by Gasteiger charge is 2.10. The van der Waals surface area contributed by atoms with E-state index in [4.69, 9.17) is 4.42 Å². The van der Waals surface area contributed by atoms with E-state index in [1.807, 2.05) is 0 Å². The van der Waals surface area contributed by atoms with Crippen molar-refractivity contribution in [2.45, 2.75) is 135 Å². The fourth-order valence-electron chi connectivity index (χ4n) is 4.80. The summed E-state index contributed by atoms with van der Waals surface area (Å²) in [5.41, 5.74) is -0.00985. The Morgan fingerprint density at radius 1 is 0.618 bits per heavy atom. The third kappa shape index (κ3) is 11.4. The van der Waals surface area contributed by atoms with Gasteiger partial charge in [-0.05, 0) is 6.42 Å². The maximum atomic E-state index is 12.2. The summed E-state index contributed by atoms with van der Waals surface area (Å²) >= 11 is 0. The highest BCUT2D eigenvalue weighted by atomic mass is 16.3. The third-order valence-electron chi connectivity index (χ3n) is 6.87. The number of hydrogen-bond acceptors (Lipinski definition) is 4. The molecular formula is C30H48O4. The molecule has 0 saturated heterocycles. The average Bonchev–Trinajstić information content (AvgIpc) is 2.80.